The van der Waals surface area contributed by atoms with Gasteiger partial charge in [-0.2, -0.15) is 0 Å². The van der Waals surface area contributed by atoms with E-state index in [1.807, 2.05) is 13.2 Å². The average molecular weight is 622 g/mol. The van der Waals surface area contributed by atoms with Crippen molar-refractivity contribution in [2.24, 2.45) is 17.9 Å². The Bertz CT molecular complexity index is 1720. The maximum absolute atomic E-state index is 13.3. The van der Waals surface area contributed by atoms with Gasteiger partial charge in [0.25, 0.3) is 23.6 Å². The lowest BCUT2D eigenvalue weighted by molar-refractivity contribution is -0.670. The van der Waals surface area contributed by atoms with Crippen LogP contribution in [0.2, 0.25) is 0 Å². The molecule has 2 aromatic heterocycles. The number of aryl methyl sites for hydroxylation is 1. The van der Waals surface area contributed by atoms with E-state index in [9.17, 15) is 29.1 Å². The number of carbonyl (C=O) groups is 5. The second-order valence-corrected chi connectivity index (χ2v) is 11.6. The van der Waals surface area contributed by atoms with Crippen LogP contribution in [0, 0.1) is 0 Å². The predicted octanol–water partition coefficient (Wildman–Crippen LogP) is -0.151. The van der Waals surface area contributed by atoms with E-state index in [1.165, 1.54) is 30.2 Å². The molecule has 15 nitrogen and oxygen atoms in total. The molecule has 0 aliphatic carbocycles. The molecule has 0 aromatic carbocycles. The molecule has 0 saturated carbocycles. The number of rotatable bonds is 9. The third kappa shape index (κ3) is 5.54. The van der Waals surface area contributed by atoms with Crippen molar-refractivity contribution in [3.63, 3.8) is 0 Å². The summed E-state index contributed by atoms with van der Waals surface area (Å²) in [4.78, 5) is 75.6. The van der Waals surface area contributed by atoms with Crippen molar-refractivity contribution in [1.29, 1.82) is 0 Å². The van der Waals surface area contributed by atoms with Crippen LogP contribution in [0.1, 0.15) is 32.4 Å². The number of β-lactam (4-membered cyclic amide) rings is 1. The zero-order chi connectivity index (χ0) is 31.9. The molecule has 0 bridgehead atoms. The number of carboxylic acid groups (broad SMARTS) is 1. The van der Waals surface area contributed by atoms with E-state index in [4.69, 9.17) is 16.3 Å². The van der Waals surface area contributed by atoms with Gasteiger partial charge in [0.05, 0.1) is 6.04 Å². The van der Waals surface area contributed by atoms with Crippen LogP contribution in [0.4, 0.5) is 10.8 Å². The number of pyridine rings is 1. The number of anilines is 2. The molecule has 0 unspecified atom stereocenters. The number of nitrogens with two attached hydrogens (primary N) is 2. The van der Waals surface area contributed by atoms with Gasteiger partial charge in [0.2, 0.25) is 5.60 Å². The molecule has 228 valence electrons. The fourth-order valence-electron chi connectivity index (χ4n) is 4.90. The van der Waals surface area contributed by atoms with Crippen molar-refractivity contribution in [2.45, 2.75) is 44.4 Å². The molecular weight excluding hydrogens is 592 g/mol. The molecule has 1 fully saturated rings. The van der Waals surface area contributed by atoms with Crippen LogP contribution in [0.5, 0.6) is 0 Å². The van der Waals surface area contributed by atoms with Gasteiger partial charge < -0.3 is 26.7 Å². The molecule has 4 amide bonds. The minimum atomic E-state index is -1.56. The van der Waals surface area contributed by atoms with Crippen molar-refractivity contribution in [1.82, 2.24) is 15.2 Å². The van der Waals surface area contributed by atoms with Crippen molar-refractivity contribution >= 4 is 57.5 Å². The summed E-state index contributed by atoms with van der Waals surface area (Å²) in [6.07, 6.45) is 8.80. The van der Waals surface area contributed by atoms with Gasteiger partial charge in [-0.3, -0.25) is 29.0 Å². The average Bonchev–Trinajstić information content (AvgIpc) is 3.56. The lowest BCUT2D eigenvalue weighted by Crippen LogP contribution is -2.72. The number of hydrogen-bond acceptors (Lipinski definition) is 10. The number of hydrogen-bond donors (Lipinski definition) is 4. The van der Waals surface area contributed by atoms with Gasteiger partial charge in [-0.25, -0.2) is 14.3 Å². The Morgan fingerprint density at radius 3 is 2.70 bits per heavy atom. The third-order valence-electron chi connectivity index (χ3n) is 7.30. The van der Waals surface area contributed by atoms with Crippen LogP contribution in [0.15, 0.2) is 70.3 Å². The van der Waals surface area contributed by atoms with E-state index in [0.717, 1.165) is 16.2 Å². The Hall–Kier alpha value is -5.38. The van der Waals surface area contributed by atoms with Crippen molar-refractivity contribution in [3.8, 4) is 0 Å². The van der Waals surface area contributed by atoms with Crippen LogP contribution in [0.25, 0.3) is 0 Å². The number of allylic oxidation sites excluding steroid dienone is 2. The third-order valence-corrected chi connectivity index (χ3v) is 7.98. The molecule has 3 aliphatic heterocycles. The van der Waals surface area contributed by atoms with Crippen LogP contribution in [-0.4, -0.2) is 68.0 Å². The number of nitrogens with one attached hydrogen (secondary N) is 1. The highest BCUT2D eigenvalue weighted by atomic mass is 32.1. The van der Waals surface area contributed by atoms with Gasteiger partial charge in [-0.15, -0.1) is 11.3 Å². The van der Waals surface area contributed by atoms with Crippen molar-refractivity contribution in [3.05, 3.63) is 70.8 Å². The molecule has 5 heterocycles. The number of fused-ring (bicyclic) bond motifs is 1. The molecule has 0 spiro atoms. The van der Waals surface area contributed by atoms with E-state index in [0.29, 0.717) is 17.7 Å². The van der Waals surface area contributed by atoms with Crippen LogP contribution in [0.3, 0.4) is 0 Å². The molecule has 3 aliphatic rings. The SMILES string of the molecule is C[n+]1cccc(N2C=C/C(=C\C3=C(C(=O)O)N4C(=O)[C@@H](NC(=O)/C(=N\OC(C)(C)C(N)=O)c5csc(N)n5)[C@H]4CC3)C2=O)c1. The molecule has 44 heavy (non-hydrogen) atoms. The topological polar surface area (TPSA) is 214 Å². The van der Waals surface area contributed by atoms with Crippen molar-refractivity contribution in [2.75, 3.05) is 10.6 Å². The molecule has 16 heteroatoms. The van der Waals surface area contributed by atoms with E-state index in [2.05, 4.69) is 15.5 Å². The minimum Gasteiger partial charge on any atom is -0.477 e. The number of thiazole rings is 1. The summed E-state index contributed by atoms with van der Waals surface area (Å²) in [5.74, 6) is -4.02. The summed E-state index contributed by atoms with van der Waals surface area (Å²) < 4.78 is 1.80. The summed E-state index contributed by atoms with van der Waals surface area (Å²) in [5, 5.41) is 18.1. The minimum absolute atomic E-state index is 0.0464. The maximum Gasteiger partial charge on any atom is 0.352 e. The summed E-state index contributed by atoms with van der Waals surface area (Å²) in [5.41, 5.74) is 10.1. The normalized spacial score (nSPS) is 21.0. The molecule has 6 N–H and O–H groups in total. The Morgan fingerprint density at radius 2 is 2.07 bits per heavy atom. The maximum atomic E-state index is 13.3. The lowest BCUT2D eigenvalue weighted by atomic mass is 9.83. The highest BCUT2D eigenvalue weighted by Crippen LogP contribution is 2.38. The number of nitrogens with zero attached hydrogens (tertiary/aromatic N) is 5. The van der Waals surface area contributed by atoms with Gasteiger partial charge in [-0.05, 0) is 50.5 Å². The smallest absolute Gasteiger partial charge is 0.352 e. The molecule has 1 saturated heterocycles. The van der Waals surface area contributed by atoms with E-state index in [-0.39, 0.29) is 40.1 Å². The zero-order valence-electron chi connectivity index (χ0n) is 23.9. The quantitative estimate of drug-likeness (QED) is 0.0962. The van der Waals surface area contributed by atoms with E-state index < -0.39 is 41.4 Å². The van der Waals surface area contributed by atoms with Gasteiger partial charge in [-0.1, -0.05) is 5.16 Å². The second kappa shape index (κ2) is 11.4. The standard InChI is InChI=1S/C28H28N8O7S/c1-28(2,26(29)42)43-33-19(17-13-44-27(30)31-17)22(37)32-20-18-7-6-14(21(25(40)41)36(18)24(20)39)11-15-8-10-35(23(15)38)16-5-4-9-34(3)12-16/h4-5,8-13,18,20H,6-7H2,1-3H3,(H5-,29,30,31,32,37,40,41,42)/p+1/b15-11+,33-19-/t18-,20+/m1/s1. The number of nitrogen functional groups attached to an aromatic ring is 1. The first-order valence-corrected chi connectivity index (χ1v) is 14.2. The number of oxime groups is 1. The summed E-state index contributed by atoms with van der Waals surface area (Å²) in [6, 6.07) is 1.83. The predicted molar refractivity (Wildman–Crippen MR) is 156 cm³/mol. The van der Waals surface area contributed by atoms with Gasteiger partial charge in [0.15, 0.2) is 23.2 Å². The van der Waals surface area contributed by atoms with Gasteiger partial charge >= 0.3 is 5.97 Å². The number of primary amides is 1. The van der Waals surface area contributed by atoms with Gasteiger partial charge in [0.1, 0.15) is 30.2 Å². The molecule has 0 radical (unpaired) electrons. The first-order valence-electron chi connectivity index (χ1n) is 13.3. The first kappa shape index (κ1) is 30.1. The highest BCUT2D eigenvalue weighted by molar-refractivity contribution is 7.13. The molecule has 5 rings (SSSR count). The second-order valence-electron chi connectivity index (χ2n) is 10.7. The monoisotopic (exact) mass is 621 g/mol. The molecular formula is C28H29N8O7S+. The first-order chi connectivity index (χ1) is 20.8. The fourth-order valence-corrected chi connectivity index (χ4v) is 5.44. The zero-order valence-corrected chi connectivity index (χ0v) is 24.7. The number of aliphatic carboxylic acids is 1. The van der Waals surface area contributed by atoms with Crippen LogP contribution >= 0.6 is 11.3 Å². The lowest BCUT2D eigenvalue weighted by Gasteiger charge is -2.50. The summed E-state index contributed by atoms with van der Waals surface area (Å²) >= 11 is 1.04. The largest absolute Gasteiger partial charge is 0.477 e. The fraction of sp³-hybridized carbons (Fsp3) is 0.286. The van der Waals surface area contributed by atoms with Crippen LogP contribution < -0.4 is 26.3 Å². The number of amides is 4. The Morgan fingerprint density at radius 1 is 1.32 bits per heavy atom. The summed E-state index contributed by atoms with van der Waals surface area (Å²) in [7, 11) is 1.83. The number of carbonyl (C=O) groups excluding carboxylic acids is 4. The Balaban J connectivity index is 1.36. The number of aromatic nitrogens is 2. The summed E-state index contributed by atoms with van der Waals surface area (Å²) in [6.45, 7) is 2.72. The Labute approximate surface area is 254 Å². The number of carboxylic acids is 1. The molecule has 2 aromatic rings. The van der Waals surface area contributed by atoms with E-state index in [1.54, 1.807) is 35.2 Å². The van der Waals surface area contributed by atoms with Crippen molar-refractivity contribution < 1.29 is 38.5 Å². The van der Waals surface area contributed by atoms with Gasteiger partial charge in [0, 0.05) is 23.2 Å². The highest BCUT2D eigenvalue weighted by Gasteiger charge is 2.53. The Kier molecular flexibility index (Phi) is 7.77. The van der Waals surface area contributed by atoms with Crippen LogP contribution in [-0.2, 0) is 35.9 Å². The van der Waals surface area contributed by atoms with E-state index >= 15 is 0 Å². The molecule has 2 atom stereocenters.